The third kappa shape index (κ3) is 11.4. The average molecular weight is 490 g/mol. The molecular weight excluding hydrogens is 446 g/mol. The summed E-state index contributed by atoms with van der Waals surface area (Å²) in [4.78, 5) is 17.7. The summed E-state index contributed by atoms with van der Waals surface area (Å²) < 4.78 is 0. The maximum atomic E-state index is 10.6. The SMILES string of the molecule is CC.CCC(C)O.CN(C)/C1=C/C2=C(CC=CC1)NCC(C/C=C\C(=C/C=C=O)c1ccccc1)=N2. The molecule has 3 rings (SSSR count). The van der Waals surface area contributed by atoms with Gasteiger partial charge in [0.1, 0.15) is 5.94 Å². The molecular formula is C31H43N3O2. The van der Waals surface area contributed by atoms with Gasteiger partial charge in [0.05, 0.1) is 18.3 Å². The van der Waals surface area contributed by atoms with Gasteiger partial charge in [-0.1, -0.05) is 75.4 Å². The Morgan fingerprint density at radius 1 is 1.19 bits per heavy atom. The highest BCUT2D eigenvalue weighted by molar-refractivity contribution is 5.90. The molecule has 1 aromatic rings. The first-order chi connectivity index (χ1) is 17.4. The fourth-order valence-corrected chi connectivity index (χ4v) is 3.25. The lowest BCUT2D eigenvalue weighted by Crippen LogP contribution is -2.27. The molecule has 1 aliphatic heterocycles. The molecule has 5 heteroatoms. The molecule has 1 aliphatic carbocycles. The fourth-order valence-electron chi connectivity index (χ4n) is 3.25. The van der Waals surface area contributed by atoms with Crippen molar-refractivity contribution >= 4 is 17.2 Å². The predicted molar refractivity (Wildman–Crippen MR) is 154 cm³/mol. The van der Waals surface area contributed by atoms with E-state index in [1.165, 1.54) is 17.5 Å². The summed E-state index contributed by atoms with van der Waals surface area (Å²) in [5, 5.41) is 11.9. The third-order valence-electron chi connectivity index (χ3n) is 5.47. The molecule has 36 heavy (non-hydrogen) atoms. The van der Waals surface area contributed by atoms with E-state index in [-0.39, 0.29) is 6.10 Å². The van der Waals surface area contributed by atoms with Gasteiger partial charge < -0.3 is 15.3 Å². The summed E-state index contributed by atoms with van der Waals surface area (Å²) >= 11 is 0. The first kappa shape index (κ1) is 30.6. The lowest BCUT2D eigenvalue weighted by atomic mass is 10.0. The topological polar surface area (TPSA) is 64.9 Å². The van der Waals surface area contributed by atoms with Crippen molar-refractivity contribution in [3.8, 4) is 0 Å². The molecule has 0 bridgehead atoms. The van der Waals surface area contributed by atoms with E-state index >= 15 is 0 Å². The van der Waals surface area contributed by atoms with E-state index < -0.39 is 0 Å². The van der Waals surface area contributed by atoms with Gasteiger partial charge in [-0.3, -0.25) is 4.99 Å². The minimum atomic E-state index is -0.116. The summed E-state index contributed by atoms with van der Waals surface area (Å²) in [6.07, 6.45) is 17.2. The number of aliphatic imine (C=N–C) groups is 1. The zero-order chi connectivity index (χ0) is 26.8. The van der Waals surface area contributed by atoms with Crippen molar-refractivity contribution in [2.75, 3.05) is 20.6 Å². The standard InChI is InChI=1S/C25H27N3O.C4H10O.C2H6/c1-28(2)23-15-6-7-16-24-25(18-23)27-22(19-26-24)14-8-12-21(13-9-17-29)20-10-4-3-5-11-20;1-3-4(2)5;1-2/h3-13,18,26H,14-16,19H2,1-2H3;4-5H,3H2,1-2H3;1-2H3/b7-6?,12-8-,21-13+,23-18+;;. The van der Waals surface area contributed by atoms with Gasteiger partial charge in [0, 0.05) is 56.5 Å². The average Bonchev–Trinajstić information content (AvgIpc) is 2.88. The number of nitrogens with one attached hydrogen (secondary N) is 1. The van der Waals surface area contributed by atoms with Crippen LogP contribution in [0.4, 0.5) is 0 Å². The molecule has 194 valence electrons. The van der Waals surface area contributed by atoms with Crippen LogP contribution < -0.4 is 5.32 Å². The van der Waals surface area contributed by atoms with Gasteiger partial charge in [-0.25, -0.2) is 4.79 Å². The zero-order valence-electron chi connectivity index (χ0n) is 22.8. The maximum absolute atomic E-state index is 10.6. The van der Waals surface area contributed by atoms with Crippen LogP contribution in [0.5, 0.6) is 0 Å². The number of aliphatic hydroxyl groups excluding tert-OH is 1. The lowest BCUT2D eigenvalue weighted by Gasteiger charge is -2.23. The van der Waals surface area contributed by atoms with Gasteiger partial charge in [-0.05, 0) is 36.6 Å². The van der Waals surface area contributed by atoms with Crippen LogP contribution in [0.2, 0.25) is 0 Å². The second kappa shape index (κ2) is 18.0. The summed E-state index contributed by atoms with van der Waals surface area (Å²) in [5.41, 5.74) is 6.57. The van der Waals surface area contributed by atoms with E-state index in [1.807, 2.05) is 63.1 Å². The van der Waals surface area contributed by atoms with Crippen molar-refractivity contribution in [3.63, 3.8) is 0 Å². The molecule has 2 N–H and O–H groups in total. The lowest BCUT2D eigenvalue weighted by molar-refractivity contribution is 0.191. The molecule has 0 aromatic heterocycles. The Kier molecular flexibility index (Phi) is 15.3. The Morgan fingerprint density at radius 3 is 2.47 bits per heavy atom. The molecule has 1 atom stereocenters. The highest BCUT2D eigenvalue weighted by Gasteiger charge is 2.14. The molecule has 1 heterocycles. The van der Waals surface area contributed by atoms with E-state index in [1.54, 1.807) is 13.0 Å². The Bertz CT molecular complexity index is 1020. The van der Waals surface area contributed by atoms with E-state index in [2.05, 4.69) is 48.6 Å². The molecule has 1 aromatic carbocycles. The molecule has 0 spiro atoms. The van der Waals surface area contributed by atoms with E-state index in [0.29, 0.717) is 0 Å². The van der Waals surface area contributed by atoms with E-state index in [4.69, 9.17) is 10.1 Å². The van der Waals surface area contributed by atoms with E-state index in [9.17, 15) is 4.79 Å². The Balaban J connectivity index is 0.000000826. The highest BCUT2D eigenvalue weighted by Crippen LogP contribution is 2.22. The van der Waals surface area contributed by atoms with Gasteiger partial charge in [0.2, 0.25) is 0 Å². The summed E-state index contributed by atoms with van der Waals surface area (Å²) in [6, 6.07) is 10.0. The van der Waals surface area contributed by atoms with Crippen LogP contribution in [-0.2, 0) is 4.79 Å². The van der Waals surface area contributed by atoms with Crippen LogP contribution in [0.3, 0.4) is 0 Å². The number of hydrogen-bond acceptors (Lipinski definition) is 5. The molecule has 0 fully saturated rings. The number of aliphatic hydroxyl groups is 1. The van der Waals surface area contributed by atoms with Crippen molar-refractivity contribution in [2.45, 2.75) is 59.5 Å². The molecule has 0 radical (unpaired) electrons. The van der Waals surface area contributed by atoms with Crippen molar-refractivity contribution in [1.82, 2.24) is 10.2 Å². The monoisotopic (exact) mass is 489 g/mol. The minimum Gasteiger partial charge on any atom is -0.393 e. The minimum absolute atomic E-state index is 0.116. The zero-order valence-corrected chi connectivity index (χ0v) is 22.8. The quantitative estimate of drug-likeness (QED) is 0.270. The van der Waals surface area contributed by atoms with Crippen molar-refractivity contribution in [2.24, 2.45) is 4.99 Å². The predicted octanol–water partition coefficient (Wildman–Crippen LogP) is 6.26. The Hall–Kier alpha value is -3.40. The molecule has 1 unspecified atom stereocenters. The summed E-state index contributed by atoms with van der Waals surface area (Å²) in [7, 11) is 4.13. The number of hydrogen-bond donors (Lipinski definition) is 2. The first-order valence-corrected chi connectivity index (χ1v) is 12.8. The van der Waals surface area contributed by atoms with Crippen molar-refractivity contribution in [1.29, 1.82) is 0 Å². The normalized spacial score (nSPS) is 17.2. The van der Waals surface area contributed by atoms with Crippen LogP contribution in [0.25, 0.3) is 5.57 Å². The maximum Gasteiger partial charge on any atom is 0.124 e. The second-order valence-electron chi connectivity index (χ2n) is 8.44. The van der Waals surface area contributed by atoms with Crippen molar-refractivity contribution in [3.05, 3.63) is 95.5 Å². The molecule has 5 nitrogen and oxygen atoms in total. The smallest absolute Gasteiger partial charge is 0.124 e. The van der Waals surface area contributed by atoms with Crippen LogP contribution in [-0.4, -0.2) is 48.4 Å². The number of rotatable bonds is 7. The van der Waals surface area contributed by atoms with Crippen LogP contribution >= 0.6 is 0 Å². The van der Waals surface area contributed by atoms with E-state index in [0.717, 1.165) is 54.8 Å². The number of carbonyl (C=O) groups excluding carboxylic acids is 1. The van der Waals surface area contributed by atoms with Gasteiger partial charge >= 0.3 is 0 Å². The fraction of sp³-hybridized carbons (Fsp3) is 0.387. The summed E-state index contributed by atoms with van der Waals surface area (Å²) in [5.74, 6) is 1.82. The van der Waals surface area contributed by atoms with Gasteiger partial charge in [0.25, 0.3) is 0 Å². The number of benzene rings is 1. The van der Waals surface area contributed by atoms with Gasteiger partial charge in [-0.15, -0.1) is 0 Å². The Morgan fingerprint density at radius 2 is 1.86 bits per heavy atom. The molecule has 0 amide bonds. The van der Waals surface area contributed by atoms with Crippen LogP contribution in [0, 0.1) is 0 Å². The molecule has 2 aliphatic rings. The van der Waals surface area contributed by atoms with Crippen LogP contribution in [0.15, 0.2) is 94.9 Å². The number of nitrogens with zero attached hydrogens (tertiary/aromatic N) is 2. The summed E-state index contributed by atoms with van der Waals surface area (Å²) in [6.45, 7) is 8.48. The third-order valence-corrected chi connectivity index (χ3v) is 5.47. The first-order valence-electron chi connectivity index (χ1n) is 12.8. The molecule has 0 saturated carbocycles. The van der Waals surface area contributed by atoms with Gasteiger partial charge in [0.15, 0.2) is 0 Å². The van der Waals surface area contributed by atoms with Gasteiger partial charge in [-0.2, -0.15) is 0 Å². The highest BCUT2D eigenvalue weighted by atomic mass is 16.3. The molecule has 0 saturated heterocycles. The van der Waals surface area contributed by atoms with Crippen molar-refractivity contribution < 1.29 is 9.90 Å². The number of allylic oxidation sites excluding steroid dienone is 8. The van der Waals surface area contributed by atoms with Crippen LogP contribution in [0.1, 0.15) is 58.9 Å². The second-order valence-corrected chi connectivity index (χ2v) is 8.44. The largest absolute Gasteiger partial charge is 0.393 e. The Labute approximate surface area is 218 Å².